The van der Waals surface area contributed by atoms with Crippen molar-refractivity contribution in [3.05, 3.63) is 0 Å². The summed E-state index contributed by atoms with van der Waals surface area (Å²) in [7, 11) is -3.11. The topological polar surface area (TPSA) is 72.2 Å². The van der Waals surface area contributed by atoms with Gasteiger partial charge >= 0.3 is 0 Å². The van der Waals surface area contributed by atoms with E-state index in [4.69, 9.17) is 5.73 Å². The molecule has 114 valence electrons. The Labute approximate surface area is 123 Å². The average Bonchev–Trinajstić information content (AvgIpc) is 2.76. The first-order chi connectivity index (χ1) is 8.61. The SMILES string of the molecule is Cl.NCC1CCCC1NS(=O)(=O)CC1CCCCC1. The molecule has 0 radical (unpaired) electrons. The fraction of sp³-hybridized carbons (Fsp3) is 1.00. The molecule has 0 saturated heterocycles. The highest BCUT2D eigenvalue weighted by Crippen LogP contribution is 2.27. The quantitative estimate of drug-likeness (QED) is 0.816. The Morgan fingerprint density at radius 1 is 1.00 bits per heavy atom. The predicted octanol–water partition coefficient (Wildman–Crippen LogP) is 2.04. The molecular weight excluding hydrogens is 284 g/mol. The number of nitrogens with two attached hydrogens (primary N) is 1. The van der Waals surface area contributed by atoms with Gasteiger partial charge < -0.3 is 5.73 Å². The Kier molecular flexibility index (Phi) is 7.08. The molecule has 2 fully saturated rings. The smallest absolute Gasteiger partial charge is 0.212 e. The summed E-state index contributed by atoms with van der Waals surface area (Å²) in [6.45, 7) is 0.594. The molecule has 2 saturated carbocycles. The van der Waals surface area contributed by atoms with Crippen molar-refractivity contribution in [2.45, 2.75) is 57.4 Å². The van der Waals surface area contributed by atoms with Crippen molar-refractivity contribution in [2.24, 2.45) is 17.6 Å². The largest absolute Gasteiger partial charge is 0.330 e. The third-order valence-electron chi connectivity index (χ3n) is 4.47. The summed E-state index contributed by atoms with van der Waals surface area (Å²) >= 11 is 0. The third-order valence-corrected chi connectivity index (χ3v) is 6.04. The van der Waals surface area contributed by atoms with Crippen LogP contribution >= 0.6 is 12.4 Å². The molecule has 0 aromatic heterocycles. The molecule has 0 aromatic carbocycles. The standard InChI is InChI=1S/C13H26N2O2S.ClH/c14-9-12-7-4-8-13(12)15-18(16,17)10-11-5-2-1-3-6-11;/h11-13,15H,1-10,14H2;1H. The van der Waals surface area contributed by atoms with Crippen molar-refractivity contribution in [1.29, 1.82) is 0 Å². The molecular formula is C13H27ClN2O2S. The molecule has 4 nitrogen and oxygen atoms in total. The Morgan fingerprint density at radius 2 is 1.68 bits per heavy atom. The number of hydrogen-bond acceptors (Lipinski definition) is 3. The fourth-order valence-electron chi connectivity index (χ4n) is 3.42. The van der Waals surface area contributed by atoms with E-state index in [-0.39, 0.29) is 18.4 Å². The van der Waals surface area contributed by atoms with E-state index in [1.165, 1.54) is 19.3 Å². The molecule has 0 bridgehead atoms. The van der Waals surface area contributed by atoms with Gasteiger partial charge in [0.25, 0.3) is 0 Å². The van der Waals surface area contributed by atoms with Gasteiger partial charge in [-0.25, -0.2) is 13.1 Å². The molecule has 3 N–H and O–H groups in total. The average molecular weight is 311 g/mol. The minimum Gasteiger partial charge on any atom is -0.330 e. The summed E-state index contributed by atoms with van der Waals surface area (Å²) < 4.78 is 27.2. The monoisotopic (exact) mass is 310 g/mol. The number of nitrogens with one attached hydrogen (secondary N) is 1. The zero-order valence-electron chi connectivity index (χ0n) is 11.5. The molecule has 0 aliphatic heterocycles. The second kappa shape index (κ2) is 7.81. The van der Waals surface area contributed by atoms with Gasteiger partial charge in [0.05, 0.1) is 5.75 Å². The predicted molar refractivity (Wildman–Crippen MR) is 80.9 cm³/mol. The molecule has 2 aliphatic rings. The van der Waals surface area contributed by atoms with Crippen LogP contribution in [0.5, 0.6) is 0 Å². The highest BCUT2D eigenvalue weighted by atomic mass is 35.5. The Bertz CT molecular complexity index is 356. The lowest BCUT2D eigenvalue weighted by atomic mass is 9.91. The molecule has 2 unspecified atom stereocenters. The second-order valence-electron chi connectivity index (χ2n) is 5.94. The van der Waals surface area contributed by atoms with Crippen LogP contribution in [0.2, 0.25) is 0 Å². The lowest BCUT2D eigenvalue weighted by molar-refractivity contribution is 0.381. The number of hydrogen-bond donors (Lipinski definition) is 2. The molecule has 0 spiro atoms. The molecule has 6 heteroatoms. The first-order valence-corrected chi connectivity index (χ1v) is 8.96. The van der Waals surface area contributed by atoms with Crippen LogP contribution in [0.25, 0.3) is 0 Å². The van der Waals surface area contributed by atoms with Crippen LogP contribution in [0.3, 0.4) is 0 Å². The van der Waals surface area contributed by atoms with Gasteiger partial charge in [-0.2, -0.15) is 0 Å². The van der Waals surface area contributed by atoms with Crippen molar-refractivity contribution in [1.82, 2.24) is 4.72 Å². The van der Waals surface area contributed by atoms with Crippen LogP contribution in [-0.2, 0) is 10.0 Å². The van der Waals surface area contributed by atoms with E-state index in [9.17, 15) is 8.42 Å². The van der Waals surface area contributed by atoms with Crippen LogP contribution < -0.4 is 10.5 Å². The lowest BCUT2D eigenvalue weighted by Gasteiger charge is -2.24. The first-order valence-electron chi connectivity index (χ1n) is 7.31. The van der Waals surface area contributed by atoms with Gasteiger partial charge in [-0.15, -0.1) is 12.4 Å². The van der Waals surface area contributed by atoms with Gasteiger partial charge in [-0.1, -0.05) is 25.7 Å². The molecule has 2 rings (SSSR count). The van der Waals surface area contributed by atoms with Crippen molar-refractivity contribution in [3.8, 4) is 0 Å². The molecule has 2 atom stereocenters. The molecule has 19 heavy (non-hydrogen) atoms. The highest BCUT2D eigenvalue weighted by molar-refractivity contribution is 7.89. The Hall–Kier alpha value is 0.160. The van der Waals surface area contributed by atoms with Gasteiger partial charge in [0.15, 0.2) is 0 Å². The Balaban J connectivity index is 0.00000180. The van der Waals surface area contributed by atoms with Crippen LogP contribution in [0, 0.1) is 11.8 Å². The zero-order valence-corrected chi connectivity index (χ0v) is 13.1. The summed E-state index contributed by atoms with van der Waals surface area (Å²) in [4.78, 5) is 0. The summed E-state index contributed by atoms with van der Waals surface area (Å²) in [5.74, 6) is 1.03. The minimum absolute atomic E-state index is 0. The van der Waals surface area contributed by atoms with E-state index in [1.807, 2.05) is 0 Å². The number of rotatable bonds is 5. The van der Waals surface area contributed by atoms with E-state index < -0.39 is 10.0 Å². The van der Waals surface area contributed by atoms with Crippen LogP contribution in [-0.4, -0.2) is 26.8 Å². The van der Waals surface area contributed by atoms with Crippen molar-refractivity contribution in [3.63, 3.8) is 0 Å². The Morgan fingerprint density at radius 3 is 2.32 bits per heavy atom. The molecule has 2 aliphatic carbocycles. The summed E-state index contributed by atoms with van der Waals surface area (Å²) in [5, 5.41) is 0. The number of halogens is 1. The maximum absolute atomic E-state index is 12.2. The normalized spacial score (nSPS) is 29.1. The third kappa shape index (κ3) is 5.21. The van der Waals surface area contributed by atoms with Gasteiger partial charge in [0, 0.05) is 6.04 Å². The maximum atomic E-state index is 12.2. The number of sulfonamides is 1. The van der Waals surface area contributed by atoms with Gasteiger partial charge in [-0.3, -0.25) is 0 Å². The minimum atomic E-state index is -3.11. The fourth-order valence-corrected chi connectivity index (χ4v) is 5.24. The van der Waals surface area contributed by atoms with Crippen molar-refractivity contribution >= 4 is 22.4 Å². The zero-order chi connectivity index (χ0) is 13.0. The van der Waals surface area contributed by atoms with Crippen LogP contribution in [0.1, 0.15) is 51.4 Å². The maximum Gasteiger partial charge on any atom is 0.212 e. The van der Waals surface area contributed by atoms with E-state index in [0.29, 0.717) is 24.1 Å². The van der Waals surface area contributed by atoms with E-state index in [0.717, 1.165) is 32.1 Å². The van der Waals surface area contributed by atoms with Crippen molar-refractivity contribution < 1.29 is 8.42 Å². The first kappa shape index (κ1) is 17.2. The summed E-state index contributed by atoms with van der Waals surface area (Å²) in [6, 6.07) is 0.0867. The lowest BCUT2D eigenvalue weighted by Crippen LogP contribution is -2.42. The molecule has 0 aromatic rings. The summed E-state index contributed by atoms with van der Waals surface area (Å²) in [5.41, 5.74) is 5.69. The van der Waals surface area contributed by atoms with E-state index in [1.54, 1.807) is 0 Å². The van der Waals surface area contributed by atoms with E-state index >= 15 is 0 Å². The van der Waals surface area contributed by atoms with Crippen molar-refractivity contribution in [2.75, 3.05) is 12.3 Å². The van der Waals surface area contributed by atoms with Gasteiger partial charge in [0.2, 0.25) is 10.0 Å². The van der Waals surface area contributed by atoms with Gasteiger partial charge in [0.1, 0.15) is 0 Å². The van der Waals surface area contributed by atoms with Gasteiger partial charge in [-0.05, 0) is 44.1 Å². The second-order valence-corrected chi connectivity index (χ2v) is 7.74. The van der Waals surface area contributed by atoms with Crippen LogP contribution in [0.15, 0.2) is 0 Å². The van der Waals surface area contributed by atoms with E-state index in [2.05, 4.69) is 4.72 Å². The molecule has 0 amide bonds. The molecule has 0 heterocycles. The van der Waals surface area contributed by atoms with Crippen LogP contribution in [0.4, 0.5) is 0 Å². The summed E-state index contributed by atoms with van der Waals surface area (Å²) in [6.07, 6.45) is 8.90. The highest BCUT2D eigenvalue weighted by Gasteiger charge is 2.30.